The van der Waals surface area contributed by atoms with Crippen molar-refractivity contribution >= 4 is 73.0 Å². The van der Waals surface area contributed by atoms with Crippen molar-refractivity contribution in [1.82, 2.24) is 9.13 Å². The minimum atomic E-state index is -4.92. The lowest BCUT2D eigenvalue weighted by Gasteiger charge is -2.39. The SMILES string of the molecule is COc1ccc(-c2ccsc2)cc1C(C)(C)CC(O)(Cn1ccc(=O)c2ccccc21)C(F)(F)F.COc1ccc(Br)cc1C(C)(C)CC(O)(Cn1ccc(=O)c2ccccc21)C(F)(F)F.OB(O)c1ccsc1. The molecule has 0 bridgehead atoms. The zero-order valence-corrected chi connectivity index (χ0v) is 44.3. The zero-order chi connectivity index (χ0) is 54.4. The molecule has 0 fully saturated rings. The van der Waals surface area contributed by atoms with Crippen molar-refractivity contribution in [3.05, 3.63) is 179 Å². The molecule has 8 rings (SSSR count). The standard InChI is InChI=1S/C27H26F3NO3S.C23H23BrF3NO3.C4H5BO2S/c1-25(2,21-14-18(8-9-24(21)34-3)19-11-13-35-15-19)16-26(33,27(28,29)30)17-31-12-10-23(32)20-6-4-5-7-22(20)31;1-21(2,17-12-15(24)8-9-20(17)31-3)13-22(30,23(25,26)27)14-28-11-10-19(29)16-6-4-5-7-18(16)28;6-5(7)4-1-2-8-3-4/h4-15,33H,16-17H2,1-3H3;4-12,30H,13-14H2,1-3H3;1-3,6-7H. The molecule has 0 aliphatic rings. The third kappa shape index (κ3) is 13.2. The Hall–Kier alpha value is -5.74. The van der Waals surface area contributed by atoms with Crippen LogP contribution < -0.4 is 25.8 Å². The van der Waals surface area contributed by atoms with E-state index in [1.165, 1.54) is 70.6 Å². The third-order valence-electron chi connectivity index (χ3n) is 12.7. The van der Waals surface area contributed by atoms with Gasteiger partial charge in [0.05, 0.1) is 38.3 Å². The number of rotatable bonds is 14. The van der Waals surface area contributed by atoms with E-state index < -0.39 is 67.4 Å². The molecule has 10 nitrogen and oxygen atoms in total. The number of aromatic nitrogens is 2. The molecular weight excluding hydrogens is 1070 g/mol. The molecule has 392 valence electrons. The Balaban J connectivity index is 0.000000210. The summed E-state index contributed by atoms with van der Waals surface area (Å²) in [6.45, 7) is 5.10. The van der Waals surface area contributed by atoms with Crippen molar-refractivity contribution in [1.29, 1.82) is 0 Å². The molecular formula is C54H54BBrF6N2O8S2. The fourth-order valence-corrected chi connectivity index (χ4v) is 10.7. The van der Waals surface area contributed by atoms with E-state index >= 15 is 0 Å². The summed E-state index contributed by atoms with van der Waals surface area (Å²) < 4.78 is 100. The molecule has 4 heterocycles. The number of halogens is 7. The first-order chi connectivity index (χ1) is 34.6. The summed E-state index contributed by atoms with van der Waals surface area (Å²) in [5.74, 6) is 0.888. The van der Waals surface area contributed by atoms with Gasteiger partial charge in [0.15, 0.2) is 22.1 Å². The summed E-state index contributed by atoms with van der Waals surface area (Å²) >= 11 is 6.33. The lowest BCUT2D eigenvalue weighted by atomic mass is 9.73. The van der Waals surface area contributed by atoms with Gasteiger partial charge in [-0.2, -0.15) is 49.0 Å². The molecule has 8 aromatic rings. The molecule has 20 heteroatoms. The summed E-state index contributed by atoms with van der Waals surface area (Å²) in [7, 11) is 1.62. The van der Waals surface area contributed by atoms with Crippen LogP contribution in [0.15, 0.2) is 157 Å². The van der Waals surface area contributed by atoms with Crippen molar-refractivity contribution in [2.45, 2.75) is 88.0 Å². The second kappa shape index (κ2) is 23.0. The number of benzene rings is 4. The average molecular weight is 1130 g/mol. The highest BCUT2D eigenvalue weighted by atomic mass is 79.9. The second-order valence-electron chi connectivity index (χ2n) is 19.0. The number of thiophene rings is 2. The fraction of sp³-hybridized carbons (Fsp3) is 0.296. The zero-order valence-electron chi connectivity index (χ0n) is 41.0. The van der Waals surface area contributed by atoms with Crippen molar-refractivity contribution in [3.8, 4) is 22.6 Å². The molecule has 74 heavy (non-hydrogen) atoms. The number of alkyl halides is 6. The summed E-state index contributed by atoms with van der Waals surface area (Å²) in [5.41, 5.74) is -4.76. The number of methoxy groups -OCH3 is 2. The van der Waals surface area contributed by atoms with Crippen molar-refractivity contribution in [2.75, 3.05) is 14.2 Å². The Morgan fingerprint density at radius 1 is 0.581 bits per heavy atom. The Bertz CT molecular complexity index is 3290. The number of para-hydroxylation sites is 2. The fourth-order valence-electron chi connectivity index (χ4n) is 8.98. The summed E-state index contributed by atoms with van der Waals surface area (Å²) in [6, 6.07) is 29.4. The first-order valence-electron chi connectivity index (χ1n) is 22.8. The van der Waals surface area contributed by atoms with Gasteiger partial charge in [0.2, 0.25) is 0 Å². The van der Waals surface area contributed by atoms with E-state index in [0.717, 1.165) is 11.1 Å². The van der Waals surface area contributed by atoms with Crippen LogP contribution >= 0.6 is 38.6 Å². The molecule has 2 atom stereocenters. The number of hydrogen-bond acceptors (Lipinski definition) is 10. The smallest absolute Gasteiger partial charge is 0.489 e. The first kappa shape index (κ1) is 57.5. The van der Waals surface area contributed by atoms with Crippen molar-refractivity contribution < 1.29 is 56.1 Å². The van der Waals surface area contributed by atoms with E-state index in [9.17, 15) is 46.1 Å². The van der Waals surface area contributed by atoms with Gasteiger partial charge in [-0.1, -0.05) is 80.0 Å². The number of hydrogen-bond donors (Lipinski definition) is 4. The van der Waals surface area contributed by atoms with Crippen molar-refractivity contribution in [3.63, 3.8) is 0 Å². The highest BCUT2D eigenvalue weighted by Gasteiger charge is 2.57. The third-order valence-corrected chi connectivity index (χ3v) is 14.6. The molecule has 2 unspecified atom stereocenters. The Morgan fingerprint density at radius 2 is 1.03 bits per heavy atom. The first-order valence-corrected chi connectivity index (χ1v) is 25.5. The normalized spacial score (nSPS) is 13.7. The predicted octanol–water partition coefficient (Wildman–Crippen LogP) is 11.3. The van der Waals surface area contributed by atoms with Crippen LogP contribution in [0.5, 0.6) is 11.5 Å². The largest absolute Gasteiger partial charge is 0.496 e. The summed E-state index contributed by atoms with van der Waals surface area (Å²) in [6.07, 6.45) is -8.48. The minimum absolute atomic E-state index is 0.289. The predicted molar refractivity (Wildman–Crippen MR) is 285 cm³/mol. The van der Waals surface area contributed by atoms with E-state index in [1.807, 2.05) is 29.0 Å². The topological polar surface area (TPSA) is 143 Å². The van der Waals surface area contributed by atoms with Gasteiger partial charge in [-0.15, -0.1) is 0 Å². The summed E-state index contributed by atoms with van der Waals surface area (Å²) in [4.78, 5) is 24.3. The van der Waals surface area contributed by atoms with Crippen molar-refractivity contribution in [2.24, 2.45) is 0 Å². The van der Waals surface area contributed by atoms with Crippen LogP contribution in [0.25, 0.3) is 32.9 Å². The lowest BCUT2D eigenvalue weighted by molar-refractivity contribution is -0.271. The lowest BCUT2D eigenvalue weighted by Crippen LogP contribution is -2.52. The van der Waals surface area contributed by atoms with Gasteiger partial charge >= 0.3 is 19.5 Å². The van der Waals surface area contributed by atoms with Gasteiger partial charge in [0.25, 0.3) is 0 Å². The van der Waals surface area contributed by atoms with Crippen LogP contribution in [0, 0.1) is 0 Å². The number of aliphatic hydroxyl groups is 2. The minimum Gasteiger partial charge on any atom is -0.496 e. The highest BCUT2D eigenvalue weighted by Crippen LogP contribution is 2.47. The average Bonchev–Trinajstić information content (AvgIpc) is 4.10. The Kier molecular flexibility index (Phi) is 17.9. The maximum absolute atomic E-state index is 14.4. The number of fused-ring (bicyclic) bond motifs is 2. The summed E-state index contributed by atoms with van der Waals surface area (Å²) in [5, 5.41) is 47.1. The van der Waals surface area contributed by atoms with Crippen LogP contribution in [0.4, 0.5) is 26.3 Å². The highest BCUT2D eigenvalue weighted by molar-refractivity contribution is 9.10. The van der Waals surface area contributed by atoms with Gasteiger partial charge < -0.3 is 38.9 Å². The van der Waals surface area contributed by atoms with E-state index in [1.54, 1.807) is 117 Å². The van der Waals surface area contributed by atoms with Gasteiger partial charge in [-0.3, -0.25) is 9.59 Å². The van der Waals surface area contributed by atoms with Crippen LogP contribution in [0.2, 0.25) is 0 Å². The van der Waals surface area contributed by atoms with Crippen LogP contribution in [0.3, 0.4) is 0 Å². The maximum atomic E-state index is 14.4. The molecule has 4 aromatic carbocycles. The molecule has 0 aliphatic carbocycles. The van der Waals surface area contributed by atoms with E-state index in [0.29, 0.717) is 54.4 Å². The molecule has 4 aromatic heterocycles. The van der Waals surface area contributed by atoms with Gasteiger partial charge in [0.1, 0.15) is 11.5 Å². The van der Waals surface area contributed by atoms with Gasteiger partial charge in [0, 0.05) is 50.9 Å². The van der Waals surface area contributed by atoms with Gasteiger partial charge in [-0.25, -0.2) is 0 Å². The van der Waals surface area contributed by atoms with Crippen LogP contribution in [0.1, 0.15) is 51.7 Å². The number of pyridine rings is 2. The number of nitrogens with zero attached hydrogens (tertiary/aromatic N) is 2. The quantitative estimate of drug-likeness (QED) is 0.0623. The number of ether oxygens (including phenoxy) is 2. The molecule has 0 aliphatic heterocycles. The Morgan fingerprint density at radius 3 is 1.43 bits per heavy atom. The van der Waals surface area contributed by atoms with Crippen LogP contribution in [-0.4, -0.2) is 74.3 Å². The molecule has 4 N–H and O–H groups in total. The maximum Gasteiger partial charge on any atom is 0.489 e. The molecule has 0 amide bonds. The molecule has 0 saturated heterocycles. The van der Waals surface area contributed by atoms with Gasteiger partial charge in [-0.05, 0) is 122 Å². The van der Waals surface area contributed by atoms with Crippen LogP contribution in [-0.2, 0) is 23.9 Å². The Labute approximate surface area is 440 Å². The van der Waals surface area contributed by atoms with E-state index in [2.05, 4.69) is 15.9 Å². The van der Waals surface area contributed by atoms with E-state index in [-0.39, 0.29) is 10.9 Å². The van der Waals surface area contributed by atoms with E-state index in [4.69, 9.17) is 19.5 Å². The second-order valence-corrected chi connectivity index (χ2v) is 21.5. The molecule has 0 radical (unpaired) electrons. The molecule has 0 spiro atoms. The molecule has 0 saturated carbocycles. The monoisotopic (exact) mass is 1130 g/mol.